The van der Waals surface area contributed by atoms with Crippen LogP contribution in [0.4, 0.5) is 0 Å². The third-order valence-corrected chi connectivity index (χ3v) is 9.78. The summed E-state index contributed by atoms with van der Waals surface area (Å²) in [5.41, 5.74) is 0. The van der Waals surface area contributed by atoms with Crippen LogP contribution in [0.3, 0.4) is 0 Å². The van der Waals surface area contributed by atoms with Crippen molar-refractivity contribution in [2.24, 2.45) is 0 Å². The second-order valence-electron chi connectivity index (χ2n) is 5.00. The number of hydrogen-bond donors (Lipinski definition) is 0. The van der Waals surface area contributed by atoms with Gasteiger partial charge in [-0.3, -0.25) is 0 Å². The van der Waals surface area contributed by atoms with Crippen molar-refractivity contribution in [2.45, 2.75) is 49.9 Å². The van der Waals surface area contributed by atoms with Gasteiger partial charge in [0.15, 0.2) is 8.32 Å². The fourth-order valence-corrected chi connectivity index (χ4v) is 3.41. The molecule has 0 aromatic heterocycles. The summed E-state index contributed by atoms with van der Waals surface area (Å²) >= 11 is 3.63. The number of halogens is 1. The molecular weight excluding hydrogens is 256 g/mol. The van der Waals surface area contributed by atoms with Crippen LogP contribution in [0.5, 0.6) is 0 Å². The van der Waals surface area contributed by atoms with Crippen LogP contribution in [-0.2, 0) is 4.43 Å². The van der Waals surface area contributed by atoms with Crippen LogP contribution in [0.15, 0.2) is 0 Å². The minimum Gasteiger partial charge on any atom is -0.417 e. The van der Waals surface area contributed by atoms with E-state index in [-0.39, 0.29) is 18.2 Å². The third kappa shape index (κ3) is 5.77. The van der Waals surface area contributed by atoms with E-state index in [9.17, 15) is 0 Å². The first-order valence-corrected chi connectivity index (χ1v) is 12.8. The molecule has 0 unspecified atom stereocenters. The zero-order valence-corrected chi connectivity index (χ0v) is 13.6. The molecule has 1 nitrogen and oxygen atoms in total. The summed E-state index contributed by atoms with van der Waals surface area (Å²) in [4.78, 5) is 0. The lowest BCUT2D eigenvalue weighted by atomic mass is 10.2. The first-order chi connectivity index (χ1) is 5.81. The van der Waals surface area contributed by atoms with E-state index in [1.165, 1.54) is 11.0 Å². The van der Waals surface area contributed by atoms with Gasteiger partial charge in [-0.1, -0.05) is 27.2 Å². The second-order valence-corrected chi connectivity index (χ2v) is 13.3. The molecular formula is C9H21BrMgOSi. The van der Waals surface area contributed by atoms with Crippen LogP contribution in [0.2, 0.25) is 22.7 Å². The summed E-state index contributed by atoms with van der Waals surface area (Å²) in [5.74, 6) is 0. The molecule has 0 aliphatic rings. The fourth-order valence-electron chi connectivity index (χ4n) is 0.740. The molecule has 0 rings (SSSR count). The lowest BCUT2D eigenvalue weighted by molar-refractivity contribution is 0.288. The highest BCUT2D eigenvalue weighted by Crippen LogP contribution is 2.36. The van der Waals surface area contributed by atoms with Crippen LogP contribution in [0, 0.1) is 0 Å². The molecule has 0 aromatic carbocycles. The molecule has 0 saturated carbocycles. The Bertz CT molecular complexity index is 145. The van der Waals surface area contributed by atoms with Gasteiger partial charge in [-0.2, -0.15) is 0 Å². The summed E-state index contributed by atoms with van der Waals surface area (Å²) < 4.78 is 7.39. The Hall–Kier alpha value is 1.42. The van der Waals surface area contributed by atoms with Gasteiger partial charge in [-0.05, 0) is 18.1 Å². The normalized spacial score (nSPS) is 12.8. The van der Waals surface area contributed by atoms with Crippen molar-refractivity contribution >= 4 is 39.4 Å². The predicted octanol–water partition coefficient (Wildman–Crippen LogP) is 3.83. The van der Waals surface area contributed by atoms with E-state index in [2.05, 4.69) is 46.7 Å². The van der Waals surface area contributed by atoms with Crippen molar-refractivity contribution < 1.29 is 4.43 Å². The molecule has 0 saturated heterocycles. The minimum atomic E-state index is -1.45. The standard InChI is InChI=1S/C9H21OSi.BrH.Mg/c1-7-8-10-11(5,6)9(2,3)4;;/h1,7-8H2,2-6H3;1H;/q;;+1/p-1. The van der Waals surface area contributed by atoms with Gasteiger partial charge in [0.05, 0.1) is 0 Å². The molecule has 0 heterocycles. The van der Waals surface area contributed by atoms with Gasteiger partial charge in [0.25, 0.3) is 0 Å². The van der Waals surface area contributed by atoms with Gasteiger partial charge in [-0.15, -0.1) is 4.55 Å². The van der Waals surface area contributed by atoms with Crippen molar-refractivity contribution in [3.63, 3.8) is 0 Å². The van der Waals surface area contributed by atoms with E-state index in [4.69, 9.17) is 4.43 Å². The Balaban J connectivity index is 3.77. The van der Waals surface area contributed by atoms with Gasteiger partial charge >= 0.3 is 18.2 Å². The van der Waals surface area contributed by atoms with Crippen LogP contribution in [0.25, 0.3) is 0 Å². The number of hydrogen-bond acceptors (Lipinski definition) is 1. The topological polar surface area (TPSA) is 9.23 Å². The van der Waals surface area contributed by atoms with Gasteiger partial charge in [0.2, 0.25) is 0 Å². The lowest BCUT2D eigenvalue weighted by Gasteiger charge is -2.36. The summed E-state index contributed by atoms with van der Waals surface area (Å²) in [7, 11) is -1.45. The molecule has 0 aromatic rings. The molecule has 0 atom stereocenters. The summed E-state index contributed by atoms with van der Waals surface area (Å²) in [5, 5.41) is 0.360. The highest BCUT2D eigenvalue weighted by Gasteiger charge is 2.36. The highest BCUT2D eigenvalue weighted by atomic mass is 79.9. The van der Waals surface area contributed by atoms with Gasteiger partial charge in [0.1, 0.15) is 0 Å². The monoisotopic (exact) mass is 276 g/mol. The zero-order valence-electron chi connectivity index (χ0n) is 9.61. The Morgan fingerprint density at radius 3 is 2.23 bits per heavy atom. The van der Waals surface area contributed by atoms with E-state index >= 15 is 0 Å². The van der Waals surface area contributed by atoms with Gasteiger partial charge in [-0.25, -0.2) is 0 Å². The van der Waals surface area contributed by atoms with Crippen LogP contribution >= 0.6 is 12.9 Å². The van der Waals surface area contributed by atoms with Gasteiger partial charge in [0, 0.05) is 6.61 Å². The van der Waals surface area contributed by atoms with Crippen molar-refractivity contribution in [3.8, 4) is 0 Å². The second kappa shape index (κ2) is 6.10. The molecule has 4 heteroatoms. The largest absolute Gasteiger partial charge is 0.468 e. The Morgan fingerprint density at radius 1 is 1.31 bits per heavy atom. The van der Waals surface area contributed by atoms with E-state index in [0.717, 1.165) is 6.61 Å². The Labute approximate surface area is 99.7 Å². The smallest absolute Gasteiger partial charge is 0.417 e. The fraction of sp³-hybridized carbons (Fsp3) is 1.00. The van der Waals surface area contributed by atoms with Crippen molar-refractivity contribution in [1.29, 1.82) is 0 Å². The predicted molar refractivity (Wildman–Crippen MR) is 67.3 cm³/mol. The quantitative estimate of drug-likeness (QED) is 0.548. The first kappa shape index (κ1) is 14.4. The highest BCUT2D eigenvalue weighted by molar-refractivity contribution is 9.23. The first-order valence-electron chi connectivity index (χ1n) is 5.01. The van der Waals surface area contributed by atoms with Crippen molar-refractivity contribution in [1.82, 2.24) is 0 Å². The van der Waals surface area contributed by atoms with Crippen LogP contribution in [-0.4, -0.2) is 33.1 Å². The number of rotatable bonds is 5. The van der Waals surface area contributed by atoms with E-state index < -0.39 is 8.32 Å². The van der Waals surface area contributed by atoms with Crippen molar-refractivity contribution in [3.05, 3.63) is 0 Å². The van der Waals surface area contributed by atoms with E-state index in [1.54, 1.807) is 0 Å². The third-order valence-electron chi connectivity index (χ3n) is 2.80. The Morgan fingerprint density at radius 2 is 1.85 bits per heavy atom. The molecule has 76 valence electrons. The Kier molecular flexibility index (Phi) is 6.77. The summed E-state index contributed by atoms with van der Waals surface area (Å²) in [6, 6.07) is 0. The average molecular weight is 278 g/mol. The molecule has 0 N–H and O–H groups in total. The average Bonchev–Trinajstić information content (AvgIpc) is 1.96. The molecule has 0 bridgehead atoms. The van der Waals surface area contributed by atoms with Crippen molar-refractivity contribution in [2.75, 3.05) is 6.61 Å². The SMILES string of the molecule is CC(C)(C)[Si](C)(C)OCC[CH2][Mg][Br]. The van der Waals surface area contributed by atoms with E-state index in [0.29, 0.717) is 5.04 Å². The zero-order chi connectivity index (χ0) is 10.5. The maximum Gasteiger partial charge on any atom is 0.468 e. The summed E-state index contributed by atoms with van der Waals surface area (Å²) in [6.45, 7) is 12.5. The van der Waals surface area contributed by atoms with E-state index in [1.807, 2.05) is 0 Å². The molecule has 0 aliphatic carbocycles. The lowest BCUT2D eigenvalue weighted by Crippen LogP contribution is -2.40. The minimum absolute atomic E-state index is 0.0636. The maximum atomic E-state index is 6.04. The summed E-state index contributed by atoms with van der Waals surface area (Å²) in [6.07, 6.45) is 1.24. The molecule has 0 aliphatic heterocycles. The van der Waals surface area contributed by atoms with Gasteiger partial charge < -0.3 is 17.3 Å². The maximum absolute atomic E-state index is 6.04. The molecule has 0 radical (unpaired) electrons. The molecule has 13 heavy (non-hydrogen) atoms. The van der Waals surface area contributed by atoms with Crippen LogP contribution in [0.1, 0.15) is 27.2 Å². The molecule has 0 amide bonds. The van der Waals surface area contributed by atoms with Crippen LogP contribution < -0.4 is 0 Å². The molecule has 0 fully saturated rings. The molecule has 0 spiro atoms.